The summed E-state index contributed by atoms with van der Waals surface area (Å²) in [6.45, 7) is 1.83. The monoisotopic (exact) mass is 290 g/mol. The number of nitrogens with one attached hydrogen (secondary N) is 1. The highest BCUT2D eigenvalue weighted by molar-refractivity contribution is 7.80. The first-order valence-corrected chi connectivity index (χ1v) is 6.02. The molecule has 0 aliphatic heterocycles. The zero-order chi connectivity index (χ0) is 14.6. The van der Waals surface area contributed by atoms with E-state index in [9.17, 15) is 18.0 Å². The Hall–Kier alpha value is -1.63. The van der Waals surface area contributed by atoms with Gasteiger partial charge in [-0.15, -0.1) is 0 Å². The molecule has 0 spiro atoms. The maximum atomic E-state index is 13.4. The summed E-state index contributed by atoms with van der Waals surface area (Å²) in [7, 11) is 0. The lowest BCUT2D eigenvalue weighted by Crippen LogP contribution is -2.33. The lowest BCUT2D eigenvalue weighted by molar-refractivity contribution is -0.118. The van der Waals surface area contributed by atoms with Crippen molar-refractivity contribution >= 4 is 28.8 Å². The SMILES string of the molecule is CCCC(C(=O)Nc1cc(F)c(F)cc1F)C(N)=S. The second kappa shape index (κ2) is 6.51. The summed E-state index contributed by atoms with van der Waals surface area (Å²) in [5, 5.41) is 2.16. The van der Waals surface area contributed by atoms with E-state index in [0.29, 0.717) is 25.0 Å². The van der Waals surface area contributed by atoms with Gasteiger partial charge in [0.2, 0.25) is 5.91 Å². The number of halogens is 3. The number of amides is 1. The summed E-state index contributed by atoms with van der Waals surface area (Å²) in [6, 6.07) is 0.936. The largest absolute Gasteiger partial charge is 0.393 e. The Balaban J connectivity index is 2.92. The number of hydrogen-bond acceptors (Lipinski definition) is 2. The van der Waals surface area contributed by atoms with E-state index >= 15 is 0 Å². The van der Waals surface area contributed by atoms with Gasteiger partial charge in [-0.05, 0) is 6.42 Å². The molecule has 1 aromatic rings. The van der Waals surface area contributed by atoms with E-state index in [0.717, 1.165) is 0 Å². The highest BCUT2D eigenvalue weighted by atomic mass is 32.1. The fourth-order valence-corrected chi connectivity index (χ4v) is 1.75. The molecular formula is C12H13F3N2OS. The molecule has 0 aliphatic rings. The van der Waals surface area contributed by atoms with E-state index < -0.39 is 35.0 Å². The van der Waals surface area contributed by atoms with Crippen LogP contribution in [0.4, 0.5) is 18.9 Å². The van der Waals surface area contributed by atoms with Crippen LogP contribution in [0.2, 0.25) is 0 Å². The molecule has 7 heteroatoms. The Labute approximate surface area is 114 Å². The number of rotatable bonds is 5. The van der Waals surface area contributed by atoms with Crippen molar-refractivity contribution in [2.24, 2.45) is 11.7 Å². The molecule has 0 saturated carbocycles. The van der Waals surface area contributed by atoms with Gasteiger partial charge in [0.25, 0.3) is 0 Å². The molecule has 0 saturated heterocycles. The van der Waals surface area contributed by atoms with E-state index in [1.54, 1.807) is 0 Å². The van der Waals surface area contributed by atoms with Crippen LogP contribution in [0.3, 0.4) is 0 Å². The first-order valence-electron chi connectivity index (χ1n) is 5.61. The third kappa shape index (κ3) is 3.92. The minimum absolute atomic E-state index is 0.0256. The van der Waals surface area contributed by atoms with Gasteiger partial charge >= 0.3 is 0 Å². The molecule has 3 N–H and O–H groups in total. The van der Waals surface area contributed by atoms with Gasteiger partial charge in [0.05, 0.1) is 16.6 Å². The van der Waals surface area contributed by atoms with Crippen molar-refractivity contribution in [3.63, 3.8) is 0 Å². The number of benzene rings is 1. The van der Waals surface area contributed by atoms with Crippen LogP contribution in [0.15, 0.2) is 12.1 Å². The van der Waals surface area contributed by atoms with Crippen LogP contribution >= 0.6 is 12.2 Å². The van der Waals surface area contributed by atoms with Crippen molar-refractivity contribution in [2.45, 2.75) is 19.8 Å². The number of hydrogen-bond donors (Lipinski definition) is 2. The fraction of sp³-hybridized carbons (Fsp3) is 0.333. The lowest BCUT2D eigenvalue weighted by Gasteiger charge is -2.15. The van der Waals surface area contributed by atoms with E-state index in [4.69, 9.17) is 18.0 Å². The van der Waals surface area contributed by atoms with Crippen molar-refractivity contribution in [3.05, 3.63) is 29.6 Å². The van der Waals surface area contributed by atoms with Gasteiger partial charge in [-0.1, -0.05) is 25.6 Å². The maximum Gasteiger partial charge on any atom is 0.234 e. The van der Waals surface area contributed by atoms with Crippen LogP contribution in [0.1, 0.15) is 19.8 Å². The molecule has 0 aromatic heterocycles. The number of thiocarbonyl (C=S) groups is 1. The quantitative estimate of drug-likeness (QED) is 0.647. The molecule has 1 atom stereocenters. The molecule has 1 unspecified atom stereocenters. The van der Waals surface area contributed by atoms with Crippen LogP contribution in [0, 0.1) is 23.4 Å². The van der Waals surface area contributed by atoms with Gasteiger partial charge in [0.15, 0.2) is 11.6 Å². The molecule has 3 nitrogen and oxygen atoms in total. The minimum Gasteiger partial charge on any atom is -0.393 e. The Morgan fingerprint density at radius 3 is 2.42 bits per heavy atom. The van der Waals surface area contributed by atoms with Crippen molar-refractivity contribution in [3.8, 4) is 0 Å². The summed E-state index contributed by atoms with van der Waals surface area (Å²) < 4.78 is 39.1. The van der Waals surface area contributed by atoms with Gasteiger partial charge in [0.1, 0.15) is 5.82 Å². The average molecular weight is 290 g/mol. The first-order chi connectivity index (χ1) is 8.86. The third-order valence-electron chi connectivity index (χ3n) is 2.51. The summed E-state index contributed by atoms with van der Waals surface area (Å²) in [6.07, 6.45) is 1.04. The standard InChI is InChI=1S/C12H13F3N2OS/c1-2-3-6(11(16)19)12(18)17-10-5-8(14)7(13)4-9(10)15/h4-6H,2-3H2,1H3,(H2,16,19)(H,17,18). The fourth-order valence-electron chi connectivity index (χ4n) is 1.53. The smallest absolute Gasteiger partial charge is 0.234 e. The molecule has 104 valence electrons. The van der Waals surface area contributed by atoms with E-state index in [1.165, 1.54) is 0 Å². The van der Waals surface area contributed by atoms with Crippen LogP contribution in [0.25, 0.3) is 0 Å². The van der Waals surface area contributed by atoms with Gasteiger partial charge in [-0.2, -0.15) is 0 Å². The lowest BCUT2D eigenvalue weighted by atomic mass is 10.0. The number of carbonyl (C=O) groups is 1. The Kier molecular flexibility index (Phi) is 5.29. The minimum atomic E-state index is -1.32. The van der Waals surface area contributed by atoms with Crippen molar-refractivity contribution in [2.75, 3.05) is 5.32 Å². The highest BCUT2D eigenvalue weighted by Crippen LogP contribution is 2.20. The molecule has 0 fully saturated rings. The Morgan fingerprint density at radius 2 is 1.89 bits per heavy atom. The molecule has 0 aliphatic carbocycles. The van der Waals surface area contributed by atoms with Gasteiger partial charge < -0.3 is 11.1 Å². The predicted octanol–water partition coefficient (Wildman–Crippen LogP) is 2.74. The molecule has 0 bridgehead atoms. The highest BCUT2D eigenvalue weighted by Gasteiger charge is 2.22. The van der Waals surface area contributed by atoms with E-state index in [1.807, 2.05) is 6.92 Å². The topological polar surface area (TPSA) is 55.1 Å². The van der Waals surface area contributed by atoms with Crippen LogP contribution < -0.4 is 11.1 Å². The molecular weight excluding hydrogens is 277 g/mol. The average Bonchev–Trinajstić information content (AvgIpc) is 2.32. The third-order valence-corrected chi connectivity index (χ3v) is 2.79. The summed E-state index contributed by atoms with van der Waals surface area (Å²) in [4.78, 5) is 11.8. The summed E-state index contributed by atoms with van der Waals surface area (Å²) >= 11 is 4.74. The van der Waals surface area contributed by atoms with Crippen LogP contribution in [-0.4, -0.2) is 10.9 Å². The molecule has 0 radical (unpaired) electrons. The first kappa shape index (κ1) is 15.4. The second-order valence-corrected chi connectivity index (χ2v) is 4.45. The Bertz CT molecular complexity index is 508. The predicted molar refractivity (Wildman–Crippen MR) is 70.1 cm³/mol. The Morgan fingerprint density at radius 1 is 1.32 bits per heavy atom. The number of anilines is 1. The molecule has 19 heavy (non-hydrogen) atoms. The van der Waals surface area contributed by atoms with Gasteiger partial charge in [0, 0.05) is 12.1 Å². The maximum absolute atomic E-state index is 13.4. The summed E-state index contributed by atoms with van der Waals surface area (Å²) in [5.74, 6) is -5.05. The second-order valence-electron chi connectivity index (χ2n) is 3.98. The zero-order valence-electron chi connectivity index (χ0n) is 10.2. The normalized spacial score (nSPS) is 12.0. The molecule has 1 aromatic carbocycles. The molecule has 1 rings (SSSR count). The van der Waals surface area contributed by atoms with Crippen LogP contribution in [-0.2, 0) is 4.79 Å². The van der Waals surface area contributed by atoms with Crippen molar-refractivity contribution < 1.29 is 18.0 Å². The van der Waals surface area contributed by atoms with Crippen molar-refractivity contribution in [1.29, 1.82) is 0 Å². The molecule has 0 heterocycles. The van der Waals surface area contributed by atoms with Gasteiger partial charge in [-0.3, -0.25) is 4.79 Å². The number of nitrogens with two attached hydrogens (primary N) is 1. The molecule has 1 amide bonds. The van der Waals surface area contributed by atoms with Gasteiger partial charge in [-0.25, -0.2) is 13.2 Å². The number of carbonyl (C=O) groups excluding carboxylic acids is 1. The van der Waals surface area contributed by atoms with E-state index in [-0.39, 0.29) is 4.99 Å². The van der Waals surface area contributed by atoms with E-state index in [2.05, 4.69) is 5.32 Å². The summed E-state index contributed by atoms with van der Waals surface area (Å²) in [5.41, 5.74) is 4.97. The van der Waals surface area contributed by atoms with Crippen molar-refractivity contribution in [1.82, 2.24) is 0 Å². The zero-order valence-corrected chi connectivity index (χ0v) is 11.0. The van der Waals surface area contributed by atoms with Crippen LogP contribution in [0.5, 0.6) is 0 Å².